The number of thioether (sulfide) groups is 1. The Morgan fingerprint density at radius 1 is 1.16 bits per heavy atom. The molecule has 0 radical (unpaired) electrons. The van der Waals surface area contributed by atoms with E-state index in [4.69, 9.17) is 4.74 Å². The lowest BCUT2D eigenvalue weighted by Crippen LogP contribution is -2.36. The van der Waals surface area contributed by atoms with Gasteiger partial charge in [0.05, 0.1) is 11.3 Å². The number of fused-ring (bicyclic) bond motifs is 3. The van der Waals surface area contributed by atoms with Gasteiger partial charge in [0, 0.05) is 18.2 Å². The highest BCUT2D eigenvalue weighted by Crippen LogP contribution is 2.43. The Morgan fingerprint density at radius 3 is 2.68 bits per heavy atom. The fourth-order valence-electron chi connectivity index (χ4n) is 3.27. The van der Waals surface area contributed by atoms with Gasteiger partial charge < -0.3 is 4.74 Å². The molecule has 4 rings (SSSR count). The van der Waals surface area contributed by atoms with E-state index in [1.54, 1.807) is 24.3 Å². The summed E-state index contributed by atoms with van der Waals surface area (Å²) in [7, 11) is 0. The fraction of sp³-hybridized carbons (Fsp3) is 0.273. The number of anilines is 1. The number of rotatable bonds is 4. The first-order chi connectivity index (χ1) is 14.9. The average molecular weight is 442 g/mol. The molecule has 0 spiro atoms. The molecule has 0 unspecified atom stereocenters. The molecule has 9 heteroatoms. The van der Waals surface area contributed by atoms with Crippen molar-refractivity contribution in [3.63, 3.8) is 0 Å². The van der Waals surface area contributed by atoms with Gasteiger partial charge in [0.2, 0.25) is 23.2 Å². The van der Waals surface area contributed by atoms with E-state index in [-0.39, 0.29) is 11.4 Å². The van der Waals surface area contributed by atoms with E-state index >= 15 is 0 Å². The average Bonchev–Trinajstić information content (AvgIpc) is 2.88. The Morgan fingerprint density at radius 2 is 1.94 bits per heavy atom. The van der Waals surface area contributed by atoms with E-state index in [9.17, 15) is 13.6 Å². The minimum Gasteiger partial charge on any atom is -0.447 e. The van der Waals surface area contributed by atoms with Gasteiger partial charge in [-0.25, -0.2) is 8.78 Å². The second kappa shape index (κ2) is 8.58. The minimum atomic E-state index is -1.27. The number of aromatic nitrogens is 3. The molecule has 2 heterocycles. The zero-order valence-electron chi connectivity index (χ0n) is 17.2. The number of ether oxygens (including phenoxy) is 1. The predicted octanol–water partition coefficient (Wildman–Crippen LogP) is 5.01. The van der Waals surface area contributed by atoms with Crippen LogP contribution in [0, 0.1) is 17.6 Å². The summed E-state index contributed by atoms with van der Waals surface area (Å²) >= 11 is 1.42. The van der Waals surface area contributed by atoms with E-state index in [1.165, 1.54) is 35.7 Å². The summed E-state index contributed by atoms with van der Waals surface area (Å²) in [6, 6.07) is 10.8. The molecule has 1 amide bonds. The van der Waals surface area contributed by atoms with Crippen LogP contribution in [0.5, 0.6) is 5.88 Å². The van der Waals surface area contributed by atoms with Crippen molar-refractivity contribution in [2.24, 2.45) is 5.92 Å². The van der Waals surface area contributed by atoms with Gasteiger partial charge in [-0.3, -0.25) is 9.69 Å². The molecule has 0 bridgehead atoms. The van der Waals surface area contributed by atoms with Crippen molar-refractivity contribution >= 4 is 23.4 Å². The molecule has 1 atom stereocenters. The third-order valence-electron chi connectivity index (χ3n) is 4.64. The second-order valence-corrected chi connectivity index (χ2v) is 8.46. The highest BCUT2D eigenvalue weighted by Gasteiger charge is 2.36. The molecule has 1 aromatic heterocycles. The van der Waals surface area contributed by atoms with E-state index < -0.39 is 23.8 Å². The standard InChI is InChI=1S/C22H20F2N4O2S/c1-12(2)11-31-22-25-20-19(26-27-22)14-7-4-5-10-17(14)28(13(3)29)21(30-20)15-8-6-9-16(23)18(15)24/h4-10,12,21H,11H2,1-3H3/t21-/m0/s1. The SMILES string of the molecule is CC(=O)N1c2ccccc2-c2nnc(SCC(C)C)nc2O[C@H]1c1cccc(F)c1F. The summed E-state index contributed by atoms with van der Waals surface area (Å²) < 4.78 is 34.8. The first-order valence-corrected chi connectivity index (χ1v) is 10.7. The molecule has 0 N–H and O–H groups in total. The molecule has 160 valence electrons. The second-order valence-electron chi connectivity index (χ2n) is 7.47. The monoisotopic (exact) mass is 442 g/mol. The quantitative estimate of drug-likeness (QED) is 0.529. The Hall–Kier alpha value is -3.07. The third-order valence-corrected chi connectivity index (χ3v) is 5.91. The maximum Gasteiger partial charge on any atom is 0.247 e. The summed E-state index contributed by atoms with van der Waals surface area (Å²) in [4.78, 5) is 18.4. The molecule has 0 aliphatic carbocycles. The number of carbonyl (C=O) groups excluding carboxylic acids is 1. The van der Waals surface area contributed by atoms with Crippen LogP contribution in [0.2, 0.25) is 0 Å². The van der Waals surface area contributed by atoms with E-state index in [2.05, 4.69) is 29.0 Å². The van der Waals surface area contributed by atoms with Crippen LogP contribution >= 0.6 is 11.8 Å². The molecule has 2 aromatic carbocycles. The molecular weight excluding hydrogens is 422 g/mol. The van der Waals surface area contributed by atoms with Crippen LogP contribution in [-0.2, 0) is 4.79 Å². The molecule has 31 heavy (non-hydrogen) atoms. The number of para-hydroxylation sites is 1. The van der Waals surface area contributed by atoms with Crippen LogP contribution in [-0.4, -0.2) is 26.8 Å². The van der Waals surface area contributed by atoms with Gasteiger partial charge in [0.1, 0.15) is 0 Å². The van der Waals surface area contributed by atoms with Gasteiger partial charge in [0.25, 0.3) is 0 Å². The molecule has 3 aromatic rings. The molecule has 0 saturated heterocycles. The van der Waals surface area contributed by atoms with Crippen molar-refractivity contribution in [1.82, 2.24) is 15.2 Å². The molecule has 1 aliphatic rings. The van der Waals surface area contributed by atoms with Gasteiger partial charge >= 0.3 is 0 Å². The zero-order chi connectivity index (χ0) is 22.1. The third kappa shape index (κ3) is 4.10. The van der Waals surface area contributed by atoms with Crippen LogP contribution < -0.4 is 9.64 Å². The molecule has 6 nitrogen and oxygen atoms in total. The van der Waals surface area contributed by atoms with Crippen molar-refractivity contribution in [1.29, 1.82) is 0 Å². The molecule has 0 saturated carbocycles. The lowest BCUT2D eigenvalue weighted by Gasteiger charge is -2.30. The van der Waals surface area contributed by atoms with Crippen molar-refractivity contribution in [3.05, 3.63) is 59.7 Å². The van der Waals surface area contributed by atoms with Gasteiger partial charge in [-0.2, -0.15) is 4.98 Å². The summed E-state index contributed by atoms with van der Waals surface area (Å²) in [5, 5.41) is 8.89. The number of halogens is 2. The largest absolute Gasteiger partial charge is 0.447 e. The van der Waals surface area contributed by atoms with Crippen LogP contribution in [0.4, 0.5) is 14.5 Å². The normalized spacial score (nSPS) is 15.2. The summed E-state index contributed by atoms with van der Waals surface area (Å²) in [5.74, 6) is -1.23. The van der Waals surface area contributed by atoms with E-state index in [1.807, 2.05) is 0 Å². The highest BCUT2D eigenvalue weighted by atomic mass is 32.2. The Bertz CT molecular complexity index is 1140. The summed E-state index contributed by atoms with van der Waals surface area (Å²) in [6.45, 7) is 5.48. The van der Waals surface area contributed by atoms with Gasteiger partial charge in [0.15, 0.2) is 17.3 Å². The minimum absolute atomic E-state index is 0.103. The summed E-state index contributed by atoms with van der Waals surface area (Å²) in [5.41, 5.74) is 1.22. The maximum absolute atomic E-state index is 14.8. The van der Waals surface area contributed by atoms with Crippen molar-refractivity contribution in [2.45, 2.75) is 32.2 Å². The number of carbonyl (C=O) groups is 1. The zero-order valence-corrected chi connectivity index (χ0v) is 18.0. The Labute approximate surface area is 182 Å². The van der Waals surface area contributed by atoms with Crippen LogP contribution in [0.3, 0.4) is 0 Å². The highest BCUT2D eigenvalue weighted by molar-refractivity contribution is 7.99. The van der Waals surface area contributed by atoms with Crippen LogP contribution in [0.15, 0.2) is 47.6 Å². The van der Waals surface area contributed by atoms with E-state index in [0.29, 0.717) is 28.0 Å². The topological polar surface area (TPSA) is 68.2 Å². The van der Waals surface area contributed by atoms with Gasteiger partial charge in [-0.05, 0) is 18.1 Å². The number of benzene rings is 2. The fourth-order valence-corrected chi connectivity index (χ4v) is 4.00. The van der Waals surface area contributed by atoms with Crippen molar-refractivity contribution in [2.75, 3.05) is 10.7 Å². The van der Waals surface area contributed by atoms with Gasteiger partial charge in [-0.15, -0.1) is 10.2 Å². The van der Waals surface area contributed by atoms with Crippen LogP contribution in [0.1, 0.15) is 32.6 Å². The molecule has 1 aliphatic heterocycles. The Kier molecular flexibility index (Phi) is 5.86. The predicted molar refractivity (Wildman–Crippen MR) is 114 cm³/mol. The first kappa shape index (κ1) is 21.2. The number of hydrogen-bond acceptors (Lipinski definition) is 6. The molecular formula is C22H20F2N4O2S. The maximum atomic E-state index is 14.8. The lowest BCUT2D eigenvalue weighted by molar-refractivity contribution is -0.118. The van der Waals surface area contributed by atoms with Crippen molar-refractivity contribution in [3.8, 4) is 17.1 Å². The Balaban J connectivity index is 1.91. The first-order valence-electron chi connectivity index (χ1n) is 9.74. The van der Waals surface area contributed by atoms with Crippen molar-refractivity contribution < 1.29 is 18.3 Å². The summed E-state index contributed by atoms with van der Waals surface area (Å²) in [6.07, 6.45) is -1.27. The van der Waals surface area contributed by atoms with Crippen LogP contribution in [0.25, 0.3) is 11.3 Å². The molecule has 0 fully saturated rings. The number of amides is 1. The number of nitrogens with zero attached hydrogens (tertiary/aromatic N) is 4. The lowest BCUT2D eigenvalue weighted by atomic mass is 10.1. The van der Waals surface area contributed by atoms with Gasteiger partial charge in [-0.1, -0.05) is 55.9 Å². The van der Waals surface area contributed by atoms with E-state index in [0.717, 1.165) is 11.8 Å². The smallest absolute Gasteiger partial charge is 0.247 e. The number of hydrogen-bond donors (Lipinski definition) is 0.